The summed E-state index contributed by atoms with van der Waals surface area (Å²) in [5.41, 5.74) is 1.51. The van der Waals surface area contributed by atoms with Gasteiger partial charge in [-0.25, -0.2) is 17.8 Å². The van der Waals surface area contributed by atoms with E-state index in [9.17, 15) is 17.6 Å². The van der Waals surface area contributed by atoms with E-state index in [1.165, 1.54) is 23.6 Å². The maximum absolute atomic E-state index is 13.8. The molecule has 180 valence electrons. The average molecular weight is 616 g/mol. The summed E-state index contributed by atoms with van der Waals surface area (Å²) in [7, 11) is -3.68. The Morgan fingerprint density at radius 2 is 2.00 bits per heavy atom. The van der Waals surface area contributed by atoms with E-state index in [0.717, 1.165) is 18.8 Å². The number of anilines is 2. The number of halogens is 2. The highest BCUT2D eigenvalue weighted by Crippen LogP contribution is 2.26. The van der Waals surface area contributed by atoms with Crippen molar-refractivity contribution in [2.75, 3.05) is 35.9 Å². The highest BCUT2D eigenvalue weighted by atomic mass is 127. The second kappa shape index (κ2) is 10.9. The van der Waals surface area contributed by atoms with E-state index < -0.39 is 10.0 Å². The van der Waals surface area contributed by atoms with E-state index in [4.69, 9.17) is 4.74 Å². The van der Waals surface area contributed by atoms with Gasteiger partial charge in [0, 0.05) is 53.3 Å². The molecule has 2 aromatic carbocycles. The number of benzene rings is 2. The summed E-state index contributed by atoms with van der Waals surface area (Å²) < 4.78 is 47.0. The minimum Gasteiger partial charge on any atom is -0.484 e. The number of alkyl halides is 1. The molecule has 0 saturated carbocycles. The van der Waals surface area contributed by atoms with Crippen molar-refractivity contribution in [3.8, 4) is 5.75 Å². The van der Waals surface area contributed by atoms with E-state index in [1.807, 2.05) is 0 Å². The van der Waals surface area contributed by atoms with Crippen LogP contribution in [0.2, 0.25) is 0 Å². The average Bonchev–Trinajstić information content (AvgIpc) is 3.29. The SMILES string of the molecule is O=C(COc1ccc(CI)c(F)c1)NCC1CN(c2ccc(S(=O)(=O)Nc3nccs3)cc2)C1. The molecule has 34 heavy (non-hydrogen) atoms. The third-order valence-electron chi connectivity index (χ3n) is 5.25. The van der Waals surface area contributed by atoms with Gasteiger partial charge in [0.2, 0.25) is 0 Å². The second-order valence-corrected chi connectivity index (χ2v) is 11.0. The second-order valence-electron chi connectivity index (χ2n) is 7.69. The summed E-state index contributed by atoms with van der Waals surface area (Å²) in [4.78, 5) is 18.3. The molecule has 0 unspecified atom stereocenters. The lowest BCUT2D eigenvalue weighted by Gasteiger charge is -2.41. The van der Waals surface area contributed by atoms with Crippen molar-refractivity contribution in [1.29, 1.82) is 0 Å². The molecule has 12 heteroatoms. The van der Waals surface area contributed by atoms with Crippen molar-refractivity contribution in [2.45, 2.75) is 9.32 Å². The summed E-state index contributed by atoms with van der Waals surface area (Å²) in [5, 5.41) is 4.86. The van der Waals surface area contributed by atoms with Gasteiger partial charge in [-0.15, -0.1) is 11.3 Å². The Morgan fingerprint density at radius 3 is 2.65 bits per heavy atom. The van der Waals surface area contributed by atoms with Crippen LogP contribution >= 0.6 is 33.9 Å². The molecule has 1 aliphatic heterocycles. The third kappa shape index (κ3) is 6.16. The molecule has 4 rings (SSSR count). The summed E-state index contributed by atoms with van der Waals surface area (Å²) in [6.07, 6.45) is 1.54. The Labute approximate surface area is 214 Å². The van der Waals surface area contributed by atoms with E-state index in [2.05, 4.69) is 42.5 Å². The zero-order chi connectivity index (χ0) is 24.1. The maximum atomic E-state index is 13.8. The Morgan fingerprint density at radius 1 is 1.24 bits per heavy atom. The van der Waals surface area contributed by atoms with E-state index >= 15 is 0 Å². The van der Waals surface area contributed by atoms with Crippen LogP contribution in [0.1, 0.15) is 5.56 Å². The summed E-state index contributed by atoms with van der Waals surface area (Å²) >= 11 is 3.30. The maximum Gasteiger partial charge on any atom is 0.263 e. The summed E-state index contributed by atoms with van der Waals surface area (Å²) in [6.45, 7) is 1.82. The monoisotopic (exact) mass is 616 g/mol. The lowest BCUT2D eigenvalue weighted by atomic mass is 9.99. The highest BCUT2D eigenvalue weighted by Gasteiger charge is 2.27. The number of aromatic nitrogens is 1. The van der Waals surface area contributed by atoms with Gasteiger partial charge in [-0.05, 0) is 35.9 Å². The molecule has 2 heterocycles. The lowest BCUT2D eigenvalue weighted by molar-refractivity contribution is -0.123. The number of hydrogen-bond donors (Lipinski definition) is 2. The van der Waals surface area contributed by atoms with Gasteiger partial charge in [0.25, 0.3) is 15.9 Å². The van der Waals surface area contributed by atoms with E-state index in [0.29, 0.717) is 27.4 Å². The Bertz CT molecular complexity index is 1230. The number of thiazole rings is 1. The van der Waals surface area contributed by atoms with Crippen molar-refractivity contribution in [3.63, 3.8) is 0 Å². The first-order valence-electron chi connectivity index (χ1n) is 10.4. The predicted octanol–water partition coefficient (Wildman–Crippen LogP) is 3.65. The van der Waals surface area contributed by atoms with Crippen LogP contribution in [-0.4, -0.2) is 45.6 Å². The Balaban J connectivity index is 1.19. The highest BCUT2D eigenvalue weighted by molar-refractivity contribution is 14.1. The van der Waals surface area contributed by atoms with Crippen LogP contribution in [0.4, 0.5) is 15.2 Å². The molecule has 1 aromatic heterocycles. The zero-order valence-electron chi connectivity index (χ0n) is 17.9. The van der Waals surface area contributed by atoms with Crippen LogP contribution in [0.25, 0.3) is 0 Å². The Hall–Kier alpha value is -2.45. The molecular weight excluding hydrogens is 594 g/mol. The van der Waals surface area contributed by atoms with Crippen molar-refractivity contribution in [1.82, 2.24) is 10.3 Å². The molecule has 8 nitrogen and oxygen atoms in total. The van der Waals surface area contributed by atoms with Crippen LogP contribution in [-0.2, 0) is 19.2 Å². The van der Waals surface area contributed by atoms with E-state index in [-0.39, 0.29) is 29.1 Å². The molecule has 1 saturated heterocycles. The fourth-order valence-electron chi connectivity index (χ4n) is 3.38. The summed E-state index contributed by atoms with van der Waals surface area (Å²) in [6, 6.07) is 11.2. The molecular formula is C22H22FIN4O4S2. The van der Waals surface area contributed by atoms with Gasteiger partial charge in [-0.1, -0.05) is 28.7 Å². The van der Waals surface area contributed by atoms with Gasteiger partial charge in [0.05, 0.1) is 4.90 Å². The molecule has 1 fully saturated rings. The first-order chi connectivity index (χ1) is 16.3. The molecule has 0 bridgehead atoms. The number of hydrogen-bond acceptors (Lipinski definition) is 7. The minimum atomic E-state index is -3.68. The number of nitrogens with one attached hydrogen (secondary N) is 2. The molecule has 0 atom stereocenters. The molecule has 1 amide bonds. The number of sulfonamides is 1. The number of carbonyl (C=O) groups excluding carboxylic acids is 1. The third-order valence-corrected chi connectivity index (χ3v) is 8.24. The normalized spacial score (nSPS) is 13.9. The van der Waals surface area contributed by atoms with Crippen LogP contribution in [0, 0.1) is 11.7 Å². The molecule has 2 N–H and O–H groups in total. The molecule has 0 aliphatic carbocycles. The number of carbonyl (C=O) groups is 1. The van der Waals surface area contributed by atoms with Crippen molar-refractivity contribution >= 4 is 60.7 Å². The number of rotatable bonds is 10. The first-order valence-corrected chi connectivity index (χ1v) is 14.2. The fourth-order valence-corrected chi connectivity index (χ4v) is 5.79. The summed E-state index contributed by atoms with van der Waals surface area (Å²) in [5.74, 6) is -0.00918. The molecule has 1 aliphatic rings. The molecule has 0 radical (unpaired) electrons. The number of amides is 1. The minimum absolute atomic E-state index is 0.166. The Kier molecular flexibility index (Phi) is 7.88. The lowest BCUT2D eigenvalue weighted by Crippen LogP contribution is -2.52. The van der Waals surface area contributed by atoms with Gasteiger partial charge in [-0.2, -0.15) is 0 Å². The van der Waals surface area contributed by atoms with Gasteiger partial charge in [0.15, 0.2) is 11.7 Å². The first kappa shape index (κ1) is 24.7. The van der Waals surface area contributed by atoms with Crippen LogP contribution < -0.4 is 19.7 Å². The van der Waals surface area contributed by atoms with E-state index in [1.54, 1.807) is 41.8 Å². The fraction of sp³-hybridized carbons (Fsp3) is 0.273. The largest absolute Gasteiger partial charge is 0.484 e. The van der Waals surface area contributed by atoms with Crippen LogP contribution in [0.5, 0.6) is 5.75 Å². The van der Waals surface area contributed by atoms with Gasteiger partial charge in [-0.3, -0.25) is 9.52 Å². The van der Waals surface area contributed by atoms with Gasteiger partial charge >= 0.3 is 0 Å². The molecule has 3 aromatic rings. The van der Waals surface area contributed by atoms with Crippen LogP contribution in [0.15, 0.2) is 58.9 Å². The van der Waals surface area contributed by atoms with Crippen LogP contribution in [0.3, 0.4) is 0 Å². The standard InChI is InChI=1S/C22H22FIN4O4S2/c23-20-9-18(4-1-16(20)10-24)32-14-21(29)26-11-15-12-28(13-15)17-2-5-19(6-3-17)34(30,31)27-22-25-7-8-33-22/h1-9,15H,10-14H2,(H,25,27)(H,26,29). The topological polar surface area (TPSA) is 101 Å². The van der Waals surface area contributed by atoms with Crippen molar-refractivity contribution < 1.29 is 22.3 Å². The number of nitrogens with zero attached hydrogens (tertiary/aromatic N) is 2. The predicted molar refractivity (Wildman–Crippen MR) is 138 cm³/mol. The van der Waals surface area contributed by atoms with Crippen molar-refractivity contribution in [3.05, 3.63) is 65.4 Å². The number of ether oxygens (including phenoxy) is 1. The smallest absolute Gasteiger partial charge is 0.263 e. The van der Waals surface area contributed by atoms with Crippen molar-refractivity contribution in [2.24, 2.45) is 5.92 Å². The zero-order valence-corrected chi connectivity index (χ0v) is 21.7. The molecule has 0 spiro atoms. The quantitative estimate of drug-likeness (QED) is 0.267. The van der Waals surface area contributed by atoms with Gasteiger partial charge < -0.3 is 15.0 Å². The van der Waals surface area contributed by atoms with Gasteiger partial charge in [0.1, 0.15) is 11.6 Å².